The van der Waals surface area contributed by atoms with Crippen molar-refractivity contribution in [3.63, 3.8) is 0 Å². The molecule has 1 saturated heterocycles. The molecule has 0 radical (unpaired) electrons. The summed E-state index contributed by atoms with van der Waals surface area (Å²) < 4.78 is 30.7. The summed E-state index contributed by atoms with van der Waals surface area (Å²) >= 11 is 0. The monoisotopic (exact) mass is 177 g/mol. The summed E-state index contributed by atoms with van der Waals surface area (Å²) in [6.45, 7) is -0.130. The van der Waals surface area contributed by atoms with Gasteiger partial charge in [0.05, 0.1) is 19.1 Å². The van der Waals surface area contributed by atoms with Gasteiger partial charge in [-0.3, -0.25) is 0 Å². The van der Waals surface area contributed by atoms with Gasteiger partial charge in [0, 0.05) is 17.9 Å². The molecular formula is C6H9F2N3O. The third-order valence-corrected chi connectivity index (χ3v) is 1.86. The van der Waals surface area contributed by atoms with Gasteiger partial charge < -0.3 is 4.74 Å². The molecule has 0 aromatic carbocycles. The summed E-state index contributed by atoms with van der Waals surface area (Å²) in [7, 11) is 0. The van der Waals surface area contributed by atoms with Crippen molar-refractivity contribution in [1.82, 2.24) is 0 Å². The van der Waals surface area contributed by atoms with Crippen LogP contribution in [0.25, 0.3) is 10.4 Å². The second kappa shape index (κ2) is 3.69. The molecule has 4 nitrogen and oxygen atoms in total. The first kappa shape index (κ1) is 9.22. The van der Waals surface area contributed by atoms with E-state index in [9.17, 15) is 8.78 Å². The van der Waals surface area contributed by atoms with E-state index < -0.39 is 11.8 Å². The summed E-state index contributed by atoms with van der Waals surface area (Å²) in [5, 5.41) is 3.11. The van der Waals surface area contributed by atoms with Gasteiger partial charge in [-0.05, 0) is 5.53 Å². The molecule has 12 heavy (non-hydrogen) atoms. The number of alkyl halides is 2. The molecule has 1 fully saturated rings. The van der Waals surface area contributed by atoms with Crippen LogP contribution in [0.4, 0.5) is 8.78 Å². The van der Waals surface area contributed by atoms with E-state index >= 15 is 0 Å². The Kier molecular flexibility index (Phi) is 2.83. The average Bonchev–Trinajstić information content (AvgIpc) is 2.02. The third-order valence-electron chi connectivity index (χ3n) is 1.86. The molecule has 0 aromatic heterocycles. The number of hydrogen-bond acceptors (Lipinski definition) is 2. The standard InChI is InChI=1S/C6H9F2N3O/c7-6(8)1-2-12-4-5(6)3-10-11-9/h5H,1-4H2. The lowest BCUT2D eigenvalue weighted by molar-refractivity contribution is -0.137. The fraction of sp³-hybridized carbons (Fsp3) is 1.00. The summed E-state index contributed by atoms with van der Waals surface area (Å²) in [5.74, 6) is -3.70. The lowest BCUT2D eigenvalue weighted by atomic mass is 9.98. The van der Waals surface area contributed by atoms with Gasteiger partial charge in [0.15, 0.2) is 0 Å². The summed E-state index contributed by atoms with van der Waals surface area (Å²) in [6.07, 6.45) is -0.279. The van der Waals surface area contributed by atoms with E-state index in [4.69, 9.17) is 10.3 Å². The highest BCUT2D eigenvalue weighted by atomic mass is 19.3. The molecule has 0 bridgehead atoms. The first-order valence-corrected chi connectivity index (χ1v) is 3.63. The Hall–Kier alpha value is -0.870. The van der Waals surface area contributed by atoms with Crippen molar-refractivity contribution in [3.8, 4) is 0 Å². The highest BCUT2D eigenvalue weighted by Gasteiger charge is 2.41. The van der Waals surface area contributed by atoms with Crippen molar-refractivity contribution in [2.75, 3.05) is 19.8 Å². The molecule has 1 atom stereocenters. The fourth-order valence-electron chi connectivity index (χ4n) is 1.08. The van der Waals surface area contributed by atoms with Crippen LogP contribution >= 0.6 is 0 Å². The van der Waals surface area contributed by atoms with E-state index in [1.165, 1.54) is 0 Å². The molecule has 1 heterocycles. The predicted molar refractivity (Wildman–Crippen MR) is 37.9 cm³/mol. The van der Waals surface area contributed by atoms with Gasteiger partial charge in [-0.15, -0.1) is 0 Å². The van der Waals surface area contributed by atoms with E-state index in [2.05, 4.69) is 10.0 Å². The Labute approximate surface area is 68.1 Å². The Bertz CT molecular complexity index is 203. The van der Waals surface area contributed by atoms with Crippen LogP contribution in [0.15, 0.2) is 5.11 Å². The molecule has 1 rings (SSSR count). The minimum Gasteiger partial charge on any atom is -0.381 e. The van der Waals surface area contributed by atoms with Gasteiger partial charge in [0.25, 0.3) is 5.92 Å². The van der Waals surface area contributed by atoms with Crippen LogP contribution in [0.5, 0.6) is 0 Å². The number of nitrogens with zero attached hydrogens (tertiary/aromatic N) is 3. The van der Waals surface area contributed by atoms with Crippen LogP contribution < -0.4 is 0 Å². The number of rotatable bonds is 2. The van der Waals surface area contributed by atoms with Gasteiger partial charge >= 0.3 is 0 Å². The first-order chi connectivity index (χ1) is 5.67. The van der Waals surface area contributed by atoms with Crippen LogP contribution in [0.3, 0.4) is 0 Å². The Morgan fingerprint density at radius 3 is 3.00 bits per heavy atom. The van der Waals surface area contributed by atoms with Crippen LogP contribution in [0.1, 0.15) is 6.42 Å². The maximum Gasteiger partial charge on any atom is 0.255 e. The summed E-state index contributed by atoms with van der Waals surface area (Å²) in [6, 6.07) is 0. The molecular weight excluding hydrogens is 168 g/mol. The van der Waals surface area contributed by atoms with Crippen LogP contribution in [0, 0.1) is 5.92 Å². The maximum absolute atomic E-state index is 12.9. The zero-order valence-electron chi connectivity index (χ0n) is 6.41. The second-order valence-electron chi connectivity index (χ2n) is 2.70. The van der Waals surface area contributed by atoms with Crippen molar-refractivity contribution < 1.29 is 13.5 Å². The van der Waals surface area contributed by atoms with Gasteiger partial charge in [-0.25, -0.2) is 8.78 Å². The van der Waals surface area contributed by atoms with Crippen molar-refractivity contribution in [1.29, 1.82) is 0 Å². The Balaban J connectivity index is 2.53. The summed E-state index contributed by atoms with van der Waals surface area (Å²) in [5.41, 5.74) is 7.94. The molecule has 0 spiro atoms. The molecule has 0 aromatic rings. The largest absolute Gasteiger partial charge is 0.381 e. The quantitative estimate of drug-likeness (QED) is 0.361. The van der Waals surface area contributed by atoms with E-state index in [0.717, 1.165) is 0 Å². The van der Waals surface area contributed by atoms with Gasteiger partial charge in [0.2, 0.25) is 0 Å². The van der Waals surface area contributed by atoms with Crippen LogP contribution in [-0.2, 0) is 4.74 Å². The molecule has 0 amide bonds. The van der Waals surface area contributed by atoms with Gasteiger partial charge in [-0.1, -0.05) is 5.11 Å². The van der Waals surface area contributed by atoms with Crippen molar-refractivity contribution in [3.05, 3.63) is 10.4 Å². The molecule has 0 N–H and O–H groups in total. The highest BCUT2D eigenvalue weighted by molar-refractivity contribution is 4.81. The lowest BCUT2D eigenvalue weighted by Gasteiger charge is -2.29. The van der Waals surface area contributed by atoms with E-state index in [1.54, 1.807) is 0 Å². The minimum atomic E-state index is -2.74. The van der Waals surface area contributed by atoms with Crippen molar-refractivity contribution in [2.24, 2.45) is 11.0 Å². The highest BCUT2D eigenvalue weighted by Crippen LogP contribution is 2.32. The number of azide groups is 1. The van der Waals surface area contributed by atoms with Gasteiger partial charge in [-0.2, -0.15) is 0 Å². The number of halogens is 2. The second-order valence-corrected chi connectivity index (χ2v) is 2.70. The zero-order valence-corrected chi connectivity index (χ0v) is 6.41. The predicted octanol–water partition coefficient (Wildman–Crippen LogP) is 1.97. The molecule has 6 heteroatoms. The Morgan fingerprint density at radius 1 is 1.67 bits per heavy atom. The average molecular weight is 177 g/mol. The zero-order chi connectivity index (χ0) is 9.03. The minimum absolute atomic E-state index is 0.0218. The van der Waals surface area contributed by atoms with Gasteiger partial charge in [0.1, 0.15) is 0 Å². The molecule has 68 valence electrons. The van der Waals surface area contributed by atoms with E-state index in [1.807, 2.05) is 0 Å². The lowest BCUT2D eigenvalue weighted by Crippen LogP contribution is -2.39. The first-order valence-electron chi connectivity index (χ1n) is 3.63. The normalized spacial score (nSPS) is 27.7. The third kappa shape index (κ3) is 2.06. The van der Waals surface area contributed by atoms with Crippen molar-refractivity contribution in [2.45, 2.75) is 12.3 Å². The maximum atomic E-state index is 12.9. The molecule has 1 aliphatic rings. The Morgan fingerprint density at radius 2 is 2.42 bits per heavy atom. The molecule has 0 aliphatic carbocycles. The smallest absolute Gasteiger partial charge is 0.255 e. The number of hydrogen-bond donors (Lipinski definition) is 0. The van der Waals surface area contributed by atoms with Crippen LogP contribution in [0.2, 0.25) is 0 Å². The SMILES string of the molecule is [N-]=[N+]=NCC1COCCC1(F)F. The molecule has 0 saturated carbocycles. The van der Waals surface area contributed by atoms with Crippen LogP contribution in [-0.4, -0.2) is 25.7 Å². The topological polar surface area (TPSA) is 58.0 Å². The molecule has 1 unspecified atom stereocenters. The molecule has 1 aliphatic heterocycles. The van der Waals surface area contributed by atoms with Crippen molar-refractivity contribution >= 4 is 0 Å². The van der Waals surface area contributed by atoms with E-state index in [0.29, 0.717) is 0 Å². The summed E-state index contributed by atoms with van der Waals surface area (Å²) in [4.78, 5) is 2.43. The fourth-order valence-corrected chi connectivity index (χ4v) is 1.08. The van der Waals surface area contributed by atoms with E-state index in [-0.39, 0.29) is 26.2 Å². The number of ether oxygens (including phenoxy) is 1.